The number of piperidine rings is 2. The fourth-order valence-electron chi connectivity index (χ4n) is 4.93. The van der Waals surface area contributed by atoms with Gasteiger partial charge in [0, 0.05) is 58.4 Å². The monoisotopic (exact) mass is 390 g/mol. The van der Waals surface area contributed by atoms with E-state index in [0.29, 0.717) is 18.4 Å². The van der Waals surface area contributed by atoms with Crippen LogP contribution in [0.5, 0.6) is 0 Å². The predicted octanol–water partition coefficient (Wildman–Crippen LogP) is 2.71. The van der Waals surface area contributed by atoms with Crippen LogP contribution in [0.2, 0.25) is 0 Å². The molecule has 3 heterocycles. The van der Waals surface area contributed by atoms with Crippen molar-refractivity contribution in [1.29, 1.82) is 0 Å². The van der Waals surface area contributed by atoms with E-state index in [0.717, 1.165) is 65.2 Å². The Balaban J connectivity index is 1.47. The third-order valence-corrected chi connectivity index (χ3v) is 7.13. The number of nitrogens with zero attached hydrogens (tertiary/aromatic N) is 4. The molecule has 1 unspecified atom stereocenters. The Morgan fingerprint density at radius 3 is 2.12 bits per heavy atom. The molecule has 0 amide bonds. The molecule has 0 spiro atoms. The van der Waals surface area contributed by atoms with Gasteiger partial charge in [-0.2, -0.15) is 0 Å². The van der Waals surface area contributed by atoms with Gasteiger partial charge in [-0.3, -0.25) is 14.7 Å². The van der Waals surface area contributed by atoms with Gasteiger partial charge >= 0.3 is 0 Å². The van der Waals surface area contributed by atoms with Crippen molar-refractivity contribution in [3.8, 4) is 0 Å². The number of piperazine rings is 1. The molecule has 3 saturated heterocycles. The second-order valence-electron chi connectivity index (χ2n) is 8.61. The van der Waals surface area contributed by atoms with E-state index in [1.807, 2.05) is 16.8 Å². The number of hydrogen-bond donors (Lipinski definition) is 0. The second kappa shape index (κ2) is 9.03. The highest BCUT2D eigenvalue weighted by Crippen LogP contribution is 2.34. The Morgan fingerprint density at radius 2 is 1.58 bits per heavy atom. The highest BCUT2D eigenvalue weighted by Gasteiger charge is 2.48. The predicted molar refractivity (Wildman–Crippen MR) is 106 cm³/mol. The van der Waals surface area contributed by atoms with Crippen molar-refractivity contribution in [2.24, 2.45) is 5.92 Å². The minimum Gasteiger partial charge on any atom is -0.298 e. The summed E-state index contributed by atoms with van der Waals surface area (Å²) in [5.74, 6) is -2.13. The van der Waals surface area contributed by atoms with Crippen LogP contribution in [0, 0.1) is 5.92 Å². The number of rotatable bonds is 5. The normalized spacial score (nSPS) is 30.9. The third kappa shape index (κ3) is 5.10. The first-order chi connectivity index (χ1) is 12.4. The molecule has 3 fully saturated rings. The van der Waals surface area contributed by atoms with Crippen LogP contribution in [0.15, 0.2) is 0 Å². The van der Waals surface area contributed by atoms with Gasteiger partial charge in [0.2, 0.25) is 0 Å². The lowest BCUT2D eigenvalue weighted by molar-refractivity contribution is -0.134. The van der Waals surface area contributed by atoms with Gasteiger partial charge in [0.05, 0.1) is 12.6 Å². The Kier molecular flexibility index (Phi) is 7.22. The molecule has 4 nitrogen and oxygen atoms in total. The fourth-order valence-corrected chi connectivity index (χ4v) is 5.46. The summed E-state index contributed by atoms with van der Waals surface area (Å²) in [6, 6.07) is 0.0325. The van der Waals surface area contributed by atoms with E-state index in [4.69, 9.17) is 0 Å². The van der Waals surface area contributed by atoms with Gasteiger partial charge in [-0.1, -0.05) is 25.8 Å². The van der Waals surface area contributed by atoms with E-state index in [-0.39, 0.29) is 6.54 Å². The summed E-state index contributed by atoms with van der Waals surface area (Å²) >= 11 is 1.83. The lowest BCUT2D eigenvalue weighted by atomic mass is 9.94. The van der Waals surface area contributed by atoms with Crippen molar-refractivity contribution in [2.45, 2.75) is 51.1 Å². The molecular weight excluding hydrogens is 354 g/mol. The van der Waals surface area contributed by atoms with Crippen LogP contribution in [-0.2, 0) is 0 Å². The number of hydrogen-bond acceptors (Lipinski definition) is 5. The first kappa shape index (κ1) is 20.8. The van der Waals surface area contributed by atoms with E-state index in [9.17, 15) is 8.78 Å². The summed E-state index contributed by atoms with van der Waals surface area (Å²) < 4.78 is 32.0. The Labute approximate surface area is 162 Å². The summed E-state index contributed by atoms with van der Waals surface area (Å²) in [6.45, 7) is 11.9. The zero-order valence-electron chi connectivity index (χ0n) is 16.7. The molecule has 3 aliphatic heterocycles. The molecule has 0 aromatic heterocycles. The quantitative estimate of drug-likeness (QED) is 0.668. The zero-order valence-corrected chi connectivity index (χ0v) is 17.5. The van der Waals surface area contributed by atoms with E-state index >= 15 is 0 Å². The van der Waals surface area contributed by atoms with Crippen molar-refractivity contribution < 1.29 is 8.78 Å². The maximum atomic E-state index is 14.8. The molecule has 7 heteroatoms. The summed E-state index contributed by atoms with van der Waals surface area (Å²) in [5, 5.41) is 0. The van der Waals surface area contributed by atoms with E-state index in [1.54, 1.807) is 0 Å². The van der Waals surface area contributed by atoms with Gasteiger partial charge < -0.3 is 0 Å². The largest absolute Gasteiger partial charge is 0.298 e. The summed E-state index contributed by atoms with van der Waals surface area (Å²) in [7, 11) is 0. The molecule has 0 radical (unpaired) electrons. The smallest absolute Gasteiger partial charge is 0.275 e. The standard InChI is InChI=1S/C19H36F2N4S/c1-16(2)14-22-7-6-18(19(20,21)15-22)24-8-4-17(5-9-24)23-10-12-25(26-3)13-11-23/h16-18H,4-15H2,1-3H3. The van der Waals surface area contributed by atoms with Crippen molar-refractivity contribution >= 4 is 11.9 Å². The fraction of sp³-hybridized carbons (Fsp3) is 1.00. The van der Waals surface area contributed by atoms with Crippen LogP contribution in [0.3, 0.4) is 0 Å². The minimum atomic E-state index is -2.58. The molecular formula is C19H36F2N4S. The molecule has 26 heavy (non-hydrogen) atoms. The number of alkyl halides is 2. The van der Waals surface area contributed by atoms with Crippen LogP contribution in [0.1, 0.15) is 33.1 Å². The number of halogens is 2. The van der Waals surface area contributed by atoms with E-state index in [2.05, 4.69) is 34.2 Å². The van der Waals surface area contributed by atoms with Crippen LogP contribution in [0.4, 0.5) is 8.78 Å². The van der Waals surface area contributed by atoms with Gasteiger partial charge in [0.15, 0.2) is 0 Å². The molecule has 3 aliphatic rings. The van der Waals surface area contributed by atoms with Crippen molar-refractivity contribution in [2.75, 3.05) is 65.2 Å². The van der Waals surface area contributed by atoms with Gasteiger partial charge in [0.25, 0.3) is 5.92 Å². The summed E-state index contributed by atoms with van der Waals surface area (Å²) in [6.07, 6.45) is 4.83. The Morgan fingerprint density at radius 1 is 0.923 bits per heavy atom. The molecule has 0 N–H and O–H groups in total. The minimum absolute atomic E-state index is 0.0631. The van der Waals surface area contributed by atoms with Gasteiger partial charge in [-0.25, -0.2) is 13.1 Å². The zero-order chi connectivity index (χ0) is 18.7. The van der Waals surface area contributed by atoms with E-state index in [1.165, 1.54) is 0 Å². The SMILES string of the molecule is CSN1CCN(C2CCN(C3CCN(CC(C)C)CC3(F)F)CC2)CC1. The van der Waals surface area contributed by atoms with Crippen molar-refractivity contribution in [3.63, 3.8) is 0 Å². The molecule has 0 saturated carbocycles. The first-order valence-electron chi connectivity index (χ1n) is 10.3. The average molecular weight is 391 g/mol. The van der Waals surface area contributed by atoms with Crippen LogP contribution in [0.25, 0.3) is 0 Å². The topological polar surface area (TPSA) is 13.0 Å². The first-order valence-corrected chi connectivity index (χ1v) is 11.4. The molecule has 0 aromatic rings. The highest BCUT2D eigenvalue weighted by atomic mass is 32.2. The Bertz CT molecular complexity index is 435. The van der Waals surface area contributed by atoms with Crippen molar-refractivity contribution in [1.82, 2.24) is 19.0 Å². The highest BCUT2D eigenvalue weighted by molar-refractivity contribution is 7.96. The molecule has 3 rings (SSSR count). The van der Waals surface area contributed by atoms with Crippen LogP contribution in [-0.4, -0.2) is 102 Å². The molecule has 0 aliphatic carbocycles. The summed E-state index contributed by atoms with van der Waals surface area (Å²) in [5.41, 5.74) is 0. The van der Waals surface area contributed by atoms with Gasteiger partial charge in [0.1, 0.15) is 0 Å². The average Bonchev–Trinajstić information content (AvgIpc) is 2.61. The maximum absolute atomic E-state index is 14.8. The molecule has 1 atom stereocenters. The lowest BCUT2D eigenvalue weighted by Gasteiger charge is -2.48. The van der Waals surface area contributed by atoms with E-state index < -0.39 is 12.0 Å². The van der Waals surface area contributed by atoms with Crippen LogP contribution >= 0.6 is 11.9 Å². The van der Waals surface area contributed by atoms with Crippen molar-refractivity contribution in [3.05, 3.63) is 0 Å². The molecule has 0 bridgehead atoms. The second-order valence-corrected chi connectivity index (χ2v) is 9.49. The third-order valence-electron chi connectivity index (χ3n) is 6.25. The van der Waals surface area contributed by atoms with Crippen LogP contribution < -0.4 is 0 Å². The molecule has 0 aromatic carbocycles. The molecule has 152 valence electrons. The number of likely N-dealkylation sites (tertiary alicyclic amines) is 2. The lowest BCUT2D eigenvalue weighted by Crippen LogP contribution is -2.61. The van der Waals surface area contributed by atoms with Gasteiger partial charge in [-0.15, -0.1) is 0 Å². The van der Waals surface area contributed by atoms with Gasteiger partial charge in [-0.05, 0) is 31.4 Å². The summed E-state index contributed by atoms with van der Waals surface area (Å²) in [4.78, 5) is 6.65. The maximum Gasteiger partial charge on any atom is 0.275 e. The Hall–Kier alpha value is 0.0500.